The molecule has 1 saturated carbocycles. The number of carbonyl (C=O) groups is 2. The molecule has 2 unspecified atom stereocenters. The minimum absolute atomic E-state index is 0.180. The van der Waals surface area contributed by atoms with E-state index in [1.807, 2.05) is 11.8 Å². The van der Waals surface area contributed by atoms with Gasteiger partial charge in [-0.2, -0.15) is 0 Å². The molecule has 1 aliphatic heterocycles. The van der Waals surface area contributed by atoms with Gasteiger partial charge in [0.05, 0.1) is 0 Å². The summed E-state index contributed by atoms with van der Waals surface area (Å²) in [6.07, 6.45) is 8.32. The zero-order valence-corrected chi connectivity index (χ0v) is 12.3. The molecule has 2 fully saturated rings. The number of urea groups is 1. The van der Waals surface area contributed by atoms with Gasteiger partial charge in [0.25, 0.3) is 0 Å². The van der Waals surface area contributed by atoms with Crippen molar-refractivity contribution in [3.63, 3.8) is 0 Å². The van der Waals surface area contributed by atoms with Crippen molar-refractivity contribution in [2.75, 3.05) is 6.54 Å². The maximum Gasteiger partial charge on any atom is 0.326 e. The summed E-state index contributed by atoms with van der Waals surface area (Å²) in [5.74, 6) is -0.311. The zero-order chi connectivity index (χ0) is 14.5. The van der Waals surface area contributed by atoms with E-state index >= 15 is 0 Å². The van der Waals surface area contributed by atoms with E-state index in [-0.39, 0.29) is 6.03 Å². The molecule has 0 aromatic carbocycles. The average Bonchev–Trinajstić information content (AvgIpc) is 3.08. The van der Waals surface area contributed by atoms with Crippen LogP contribution in [0.4, 0.5) is 4.79 Å². The molecule has 2 rings (SSSR count). The maximum absolute atomic E-state index is 12.4. The minimum Gasteiger partial charge on any atom is -0.480 e. The fraction of sp³-hybridized carbons (Fsp3) is 0.867. The molecule has 20 heavy (non-hydrogen) atoms. The van der Waals surface area contributed by atoms with Crippen molar-refractivity contribution < 1.29 is 14.7 Å². The molecule has 1 aliphatic carbocycles. The summed E-state index contributed by atoms with van der Waals surface area (Å²) in [6, 6.07) is -0.605. The molecular weight excluding hydrogens is 256 g/mol. The topological polar surface area (TPSA) is 69.6 Å². The number of rotatable bonds is 5. The highest BCUT2D eigenvalue weighted by molar-refractivity contribution is 5.82. The number of carbonyl (C=O) groups excluding carboxylic acids is 1. The Hall–Kier alpha value is -1.26. The summed E-state index contributed by atoms with van der Waals surface area (Å²) in [5, 5.41) is 11.8. The fourth-order valence-corrected chi connectivity index (χ4v) is 3.65. The van der Waals surface area contributed by atoms with Crippen LogP contribution in [0.2, 0.25) is 0 Å². The normalized spacial score (nSPS) is 24.9. The largest absolute Gasteiger partial charge is 0.480 e. The first-order chi connectivity index (χ1) is 9.63. The first-order valence-corrected chi connectivity index (χ1v) is 7.93. The summed E-state index contributed by atoms with van der Waals surface area (Å²) >= 11 is 0. The molecule has 0 spiro atoms. The summed E-state index contributed by atoms with van der Waals surface area (Å²) in [6.45, 7) is 2.70. The highest BCUT2D eigenvalue weighted by atomic mass is 16.4. The highest BCUT2D eigenvalue weighted by Crippen LogP contribution is 2.35. The van der Waals surface area contributed by atoms with E-state index in [1.54, 1.807) is 0 Å². The van der Waals surface area contributed by atoms with E-state index < -0.39 is 12.0 Å². The van der Waals surface area contributed by atoms with Gasteiger partial charge >= 0.3 is 12.0 Å². The molecule has 2 aliphatic rings. The molecule has 2 N–H and O–H groups in total. The minimum atomic E-state index is -0.934. The van der Waals surface area contributed by atoms with Crippen molar-refractivity contribution in [3.05, 3.63) is 0 Å². The molecule has 2 amide bonds. The molecule has 5 nitrogen and oxygen atoms in total. The van der Waals surface area contributed by atoms with Crippen LogP contribution in [0.25, 0.3) is 0 Å². The first kappa shape index (κ1) is 15.1. The molecule has 0 bridgehead atoms. The lowest BCUT2D eigenvalue weighted by molar-refractivity contribution is -0.139. The van der Waals surface area contributed by atoms with Crippen LogP contribution in [0.15, 0.2) is 0 Å². The van der Waals surface area contributed by atoms with Gasteiger partial charge in [0.1, 0.15) is 6.04 Å². The first-order valence-electron chi connectivity index (χ1n) is 7.93. The van der Waals surface area contributed by atoms with Crippen molar-refractivity contribution in [2.45, 2.75) is 70.4 Å². The number of aliphatic carboxylic acids is 1. The van der Waals surface area contributed by atoms with E-state index in [0.29, 0.717) is 18.4 Å². The maximum atomic E-state index is 12.4. The van der Waals surface area contributed by atoms with E-state index in [1.165, 1.54) is 25.7 Å². The second-order valence-corrected chi connectivity index (χ2v) is 6.08. The molecule has 0 aromatic heterocycles. The standard InChI is InChI=1S/C15H26N2O3/c1-2-6-12(14(18)19)16-15(20)17-10-5-9-13(17)11-7-3-4-8-11/h11-13H,2-10H2,1H3,(H,16,20)(H,18,19). The van der Waals surface area contributed by atoms with Crippen molar-refractivity contribution in [1.82, 2.24) is 10.2 Å². The van der Waals surface area contributed by atoms with Crippen molar-refractivity contribution in [3.8, 4) is 0 Å². The lowest BCUT2D eigenvalue weighted by Gasteiger charge is -2.30. The third kappa shape index (κ3) is 3.44. The zero-order valence-electron chi connectivity index (χ0n) is 12.3. The molecule has 5 heteroatoms. The van der Waals surface area contributed by atoms with Crippen LogP contribution in [-0.2, 0) is 4.79 Å². The van der Waals surface area contributed by atoms with Crippen molar-refractivity contribution in [2.24, 2.45) is 5.92 Å². The summed E-state index contributed by atoms with van der Waals surface area (Å²) in [4.78, 5) is 25.4. The molecule has 1 heterocycles. The van der Waals surface area contributed by atoms with Crippen molar-refractivity contribution in [1.29, 1.82) is 0 Å². The monoisotopic (exact) mass is 282 g/mol. The molecular formula is C15H26N2O3. The fourth-order valence-electron chi connectivity index (χ4n) is 3.65. The van der Waals surface area contributed by atoms with Gasteiger partial charge in [0, 0.05) is 12.6 Å². The molecule has 1 saturated heterocycles. The lowest BCUT2D eigenvalue weighted by Crippen LogP contribution is -2.50. The second-order valence-electron chi connectivity index (χ2n) is 6.08. The quantitative estimate of drug-likeness (QED) is 0.814. The van der Waals surface area contributed by atoms with Gasteiger partial charge in [-0.3, -0.25) is 0 Å². The molecule has 0 radical (unpaired) electrons. The number of hydrogen-bond donors (Lipinski definition) is 2. The van der Waals surface area contributed by atoms with Crippen LogP contribution in [0.3, 0.4) is 0 Å². The number of amides is 2. The lowest BCUT2D eigenvalue weighted by atomic mass is 9.96. The summed E-state index contributed by atoms with van der Waals surface area (Å²) in [5.41, 5.74) is 0. The van der Waals surface area contributed by atoms with Crippen LogP contribution in [-0.4, -0.2) is 40.6 Å². The number of likely N-dealkylation sites (tertiary alicyclic amines) is 1. The van der Waals surface area contributed by atoms with Gasteiger partial charge in [-0.15, -0.1) is 0 Å². The van der Waals surface area contributed by atoms with Gasteiger partial charge in [-0.05, 0) is 38.0 Å². The third-order valence-electron chi connectivity index (χ3n) is 4.68. The average molecular weight is 282 g/mol. The van der Waals surface area contributed by atoms with Crippen LogP contribution < -0.4 is 5.32 Å². The van der Waals surface area contributed by atoms with Gasteiger partial charge in [0.2, 0.25) is 0 Å². The second kappa shape index (κ2) is 6.95. The van der Waals surface area contributed by atoms with Crippen LogP contribution in [0.5, 0.6) is 0 Å². The third-order valence-corrected chi connectivity index (χ3v) is 4.68. The number of carboxylic acids is 1. The Morgan fingerprint density at radius 1 is 1.25 bits per heavy atom. The SMILES string of the molecule is CCCC(NC(=O)N1CCCC1C1CCCC1)C(=O)O. The van der Waals surface area contributed by atoms with E-state index in [4.69, 9.17) is 5.11 Å². The van der Waals surface area contributed by atoms with E-state index in [9.17, 15) is 9.59 Å². The van der Waals surface area contributed by atoms with Crippen LogP contribution >= 0.6 is 0 Å². The number of nitrogens with one attached hydrogen (secondary N) is 1. The molecule has 0 aromatic rings. The summed E-state index contributed by atoms with van der Waals surface area (Å²) in [7, 11) is 0. The van der Waals surface area contributed by atoms with Gasteiger partial charge in [0.15, 0.2) is 0 Å². The van der Waals surface area contributed by atoms with Gasteiger partial charge in [-0.1, -0.05) is 26.2 Å². The Balaban J connectivity index is 1.94. The van der Waals surface area contributed by atoms with Gasteiger partial charge < -0.3 is 15.3 Å². The Kier molecular flexibility index (Phi) is 5.26. The highest BCUT2D eigenvalue weighted by Gasteiger charge is 2.36. The van der Waals surface area contributed by atoms with Gasteiger partial charge in [-0.25, -0.2) is 9.59 Å². The number of hydrogen-bond acceptors (Lipinski definition) is 2. The van der Waals surface area contributed by atoms with Crippen LogP contribution in [0, 0.1) is 5.92 Å². The van der Waals surface area contributed by atoms with Crippen LogP contribution in [0.1, 0.15) is 58.3 Å². The Morgan fingerprint density at radius 3 is 2.55 bits per heavy atom. The molecule has 114 valence electrons. The predicted octanol–water partition coefficient (Wildman–Crippen LogP) is 2.60. The van der Waals surface area contributed by atoms with E-state index in [0.717, 1.165) is 25.8 Å². The Labute approximate surface area is 120 Å². The number of nitrogens with zero attached hydrogens (tertiary/aromatic N) is 1. The van der Waals surface area contributed by atoms with Crippen molar-refractivity contribution >= 4 is 12.0 Å². The Morgan fingerprint density at radius 2 is 1.95 bits per heavy atom. The number of carboxylic acid groups (broad SMARTS) is 1. The smallest absolute Gasteiger partial charge is 0.326 e. The predicted molar refractivity (Wildman–Crippen MR) is 76.5 cm³/mol. The summed E-state index contributed by atoms with van der Waals surface area (Å²) < 4.78 is 0. The molecule has 2 atom stereocenters. The van der Waals surface area contributed by atoms with E-state index in [2.05, 4.69) is 5.32 Å². The Bertz CT molecular complexity index is 353.